The van der Waals surface area contributed by atoms with Crippen molar-refractivity contribution in [1.29, 1.82) is 0 Å². The summed E-state index contributed by atoms with van der Waals surface area (Å²) in [5.41, 5.74) is 3.20. The molecule has 4 heteroatoms. The van der Waals surface area contributed by atoms with Crippen molar-refractivity contribution >= 4 is 0 Å². The van der Waals surface area contributed by atoms with E-state index < -0.39 is 0 Å². The van der Waals surface area contributed by atoms with Gasteiger partial charge in [-0.3, -0.25) is 4.84 Å². The lowest BCUT2D eigenvalue weighted by Crippen LogP contribution is -2.34. The van der Waals surface area contributed by atoms with E-state index in [1.807, 2.05) is 0 Å². The Morgan fingerprint density at radius 3 is 2.76 bits per heavy atom. The number of hydrogen-bond donors (Lipinski definition) is 1. The molecule has 1 saturated carbocycles. The molecule has 0 amide bonds. The minimum atomic E-state index is 0.219. The number of ether oxygens (including phenoxy) is 2. The summed E-state index contributed by atoms with van der Waals surface area (Å²) in [6.45, 7) is 2.02. The maximum atomic E-state index is 6.22. The van der Waals surface area contributed by atoms with Crippen LogP contribution >= 0.6 is 0 Å². The van der Waals surface area contributed by atoms with Crippen LogP contribution in [0, 0.1) is 0 Å². The second kappa shape index (κ2) is 6.69. The van der Waals surface area contributed by atoms with Crippen molar-refractivity contribution in [2.75, 3.05) is 26.9 Å². The van der Waals surface area contributed by atoms with Gasteiger partial charge in [-0.25, -0.2) is 0 Å². The van der Waals surface area contributed by atoms with Crippen molar-refractivity contribution in [3.8, 4) is 0 Å². The van der Waals surface area contributed by atoms with Crippen molar-refractivity contribution in [3.05, 3.63) is 0 Å². The zero-order valence-corrected chi connectivity index (χ0v) is 10.9. The average molecular weight is 243 g/mol. The summed E-state index contributed by atoms with van der Waals surface area (Å²) in [5.74, 6) is 0. The van der Waals surface area contributed by atoms with Crippen molar-refractivity contribution in [1.82, 2.24) is 5.48 Å². The molecule has 1 atom stereocenters. The van der Waals surface area contributed by atoms with Gasteiger partial charge in [-0.1, -0.05) is 19.3 Å². The normalized spacial score (nSPS) is 27.7. The molecule has 1 heterocycles. The molecule has 0 radical (unpaired) electrons. The first-order chi connectivity index (χ1) is 8.35. The molecule has 0 aromatic carbocycles. The fraction of sp³-hybridized carbons (Fsp3) is 1.00. The third-order valence-corrected chi connectivity index (χ3v) is 3.91. The highest BCUT2D eigenvalue weighted by Crippen LogP contribution is 2.41. The van der Waals surface area contributed by atoms with Crippen LogP contribution in [0.2, 0.25) is 0 Å². The Bertz CT molecular complexity index is 217. The van der Waals surface area contributed by atoms with E-state index in [4.69, 9.17) is 14.3 Å². The summed E-state index contributed by atoms with van der Waals surface area (Å²) in [6.07, 6.45) is 9.30. The molecule has 4 nitrogen and oxygen atoms in total. The summed E-state index contributed by atoms with van der Waals surface area (Å²) < 4.78 is 11.1. The monoisotopic (exact) mass is 243 g/mol. The molecule has 2 aliphatic rings. The van der Waals surface area contributed by atoms with Crippen LogP contribution < -0.4 is 5.48 Å². The average Bonchev–Trinajstić information content (AvgIpc) is 2.73. The molecule has 2 fully saturated rings. The van der Waals surface area contributed by atoms with Crippen molar-refractivity contribution in [3.63, 3.8) is 0 Å². The van der Waals surface area contributed by atoms with Crippen molar-refractivity contribution < 1.29 is 14.3 Å². The second-order valence-corrected chi connectivity index (χ2v) is 5.21. The molecule has 0 bridgehead atoms. The smallest absolute Gasteiger partial charge is 0.0915 e. The molecule has 0 aromatic rings. The number of rotatable bonds is 6. The molecule has 0 aromatic heterocycles. The van der Waals surface area contributed by atoms with Gasteiger partial charge in [-0.15, -0.1) is 0 Å². The molecular weight excluding hydrogens is 218 g/mol. The fourth-order valence-corrected chi connectivity index (χ4v) is 2.95. The Morgan fingerprint density at radius 2 is 2.00 bits per heavy atom. The molecule has 100 valence electrons. The summed E-state index contributed by atoms with van der Waals surface area (Å²) in [4.78, 5) is 5.26. The first-order valence-corrected chi connectivity index (χ1v) is 6.86. The molecular formula is C13H25NO3. The summed E-state index contributed by atoms with van der Waals surface area (Å²) in [7, 11) is 1.68. The topological polar surface area (TPSA) is 39.7 Å². The lowest BCUT2D eigenvalue weighted by molar-refractivity contribution is -0.0803. The minimum absolute atomic E-state index is 0.219. The van der Waals surface area contributed by atoms with Crippen LogP contribution in [-0.2, 0) is 14.3 Å². The van der Waals surface area contributed by atoms with Gasteiger partial charge in [0.15, 0.2) is 0 Å². The van der Waals surface area contributed by atoms with Crippen LogP contribution in [0.5, 0.6) is 0 Å². The van der Waals surface area contributed by atoms with Crippen LogP contribution in [0.15, 0.2) is 0 Å². The van der Waals surface area contributed by atoms with Crippen LogP contribution in [-0.4, -0.2) is 38.6 Å². The van der Waals surface area contributed by atoms with E-state index in [9.17, 15) is 0 Å². The number of hydrogen-bond acceptors (Lipinski definition) is 4. The van der Waals surface area contributed by atoms with Gasteiger partial charge < -0.3 is 9.47 Å². The van der Waals surface area contributed by atoms with Crippen LogP contribution in [0.1, 0.15) is 44.9 Å². The van der Waals surface area contributed by atoms with Crippen LogP contribution in [0.3, 0.4) is 0 Å². The van der Waals surface area contributed by atoms with Gasteiger partial charge in [0, 0.05) is 13.7 Å². The second-order valence-electron chi connectivity index (χ2n) is 5.21. The highest BCUT2D eigenvalue weighted by Gasteiger charge is 2.40. The quantitative estimate of drug-likeness (QED) is 0.572. The van der Waals surface area contributed by atoms with Crippen molar-refractivity contribution in [2.24, 2.45) is 0 Å². The Kier molecular flexibility index (Phi) is 5.22. The van der Waals surface area contributed by atoms with Gasteiger partial charge >= 0.3 is 0 Å². The fourth-order valence-electron chi connectivity index (χ4n) is 2.95. The lowest BCUT2D eigenvalue weighted by atomic mass is 9.83. The zero-order valence-electron chi connectivity index (χ0n) is 10.9. The van der Waals surface area contributed by atoms with Crippen molar-refractivity contribution in [2.45, 2.75) is 56.7 Å². The number of methoxy groups -OCH3 is 1. The van der Waals surface area contributed by atoms with E-state index in [0.29, 0.717) is 19.3 Å². The van der Waals surface area contributed by atoms with Gasteiger partial charge in [-0.05, 0) is 25.7 Å². The first-order valence-electron chi connectivity index (χ1n) is 6.86. The Hall–Kier alpha value is -0.160. The molecule has 1 unspecified atom stereocenters. The van der Waals surface area contributed by atoms with E-state index in [0.717, 1.165) is 6.54 Å². The zero-order chi connectivity index (χ0) is 12.0. The molecule has 1 aliphatic carbocycles. The predicted molar refractivity (Wildman–Crippen MR) is 65.8 cm³/mol. The largest absolute Gasteiger partial charge is 0.382 e. The summed E-state index contributed by atoms with van der Waals surface area (Å²) >= 11 is 0. The van der Waals surface area contributed by atoms with E-state index >= 15 is 0 Å². The summed E-state index contributed by atoms with van der Waals surface area (Å²) in [6, 6.07) is 0. The van der Waals surface area contributed by atoms with E-state index in [2.05, 4.69) is 5.48 Å². The van der Waals surface area contributed by atoms with E-state index in [1.165, 1.54) is 44.9 Å². The Balaban J connectivity index is 1.60. The van der Waals surface area contributed by atoms with Gasteiger partial charge in [0.2, 0.25) is 0 Å². The molecule has 1 aliphatic heterocycles. The maximum Gasteiger partial charge on any atom is 0.0915 e. The highest BCUT2D eigenvalue weighted by atomic mass is 16.7. The number of hydroxylamine groups is 1. The number of nitrogens with one attached hydrogen (secondary N) is 1. The molecule has 1 N–H and O–H groups in total. The molecule has 1 saturated heterocycles. The van der Waals surface area contributed by atoms with Gasteiger partial charge in [0.1, 0.15) is 0 Å². The molecule has 1 spiro atoms. The van der Waals surface area contributed by atoms with Gasteiger partial charge in [-0.2, -0.15) is 5.48 Å². The lowest BCUT2D eigenvalue weighted by Gasteiger charge is -2.33. The molecule has 17 heavy (non-hydrogen) atoms. The Morgan fingerprint density at radius 1 is 1.18 bits per heavy atom. The predicted octanol–water partition coefficient (Wildman–Crippen LogP) is 2.04. The Labute approximate surface area is 104 Å². The minimum Gasteiger partial charge on any atom is -0.382 e. The van der Waals surface area contributed by atoms with Gasteiger partial charge in [0.05, 0.1) is 24.9 Å². The van der Waals surface area contributed by atoms with E-state index in [-0.39, 0.29) is 5.60 Å². The summed E-state index contributed by atoms with van der Waals surface area (Å²) in [5, 5.41) is 0. The third kappa shape index (κ3) is 3.91. The van der Waals surface area contributed by atoms with E-state index in [1.54, 1.807) is 7.11 Å². The SMILES string of the molecule is COCCONCC1CCC2(CCCCC2)O1. The van der Waals surface area contributed by atoms with Crippen LogP contribution in [0.25, 0.3) is 0 Å². The standard InChI is InChI=1S/C13H25NO3/c1-15-9-10-16-14-11-12-5-8-13(17-12)6-3-2-4-7-13/h12,14H,2-11H2,1H3. The first kappa shape index (κ1) is 13.3. The maximum absolute atomic E-state index is 6.22. The highest BCUT2D eigenvalue weighted by molar-refractivity contribution is 4.91. The third-order valence-electron chi connectivity index (χ3n) is 3.91. The molecule has 2 rings (SSSR count). The van der Waals surface area contributed by atoms with Crippen LogP contribution in [0.4, 0.5) is 0 Å². The van der Waals surface area contributed by atoms with Gasteiger partial charge in [0.25, 0.3) is 0 Å².